The number of hydrogen-bond acceptors (Lipinski definition) is 5. The maximum absolute atomic E-state index is 12.7. The highest BCUT2D eigenvalue weighted by Crippen LogP contribution is 2.29. The molecular formula is C24H18BrNO5. The molecule has 0 saturated carbocycles. The quantitative estimate of drug-likeness (QED) is 0.385. The van der Waals surface area contributed by atoms with Crippen molar-refractivity contribution in [1.29, 1.82) is 0 Å². The minimum Gasteiger partial charge on any atom is -0.484 e. The molecule has 0 aliphatic carbocycles. The van der Waals surface area contributed by atoms with E-state index in [2.05, 4.69) is 21.2 Å². The van der Waals surface area contributed by atoms with Crippen LogP contribution in [0.1, 0.15) is 5.56 Å². The Bertz CT molecular complexity index is 1300. The van der Waals surface area contributed by atoms with Gasteiger partial charge in [-0.2, -0.15) is 0 Å². The molecule has 0 aliphatic heterocycles. The molecule has 1 amide bonds. The Balaban J connectivity index is 1.46. The summed E-state index contributed by atoms with van der Waals surface area (Å²) in [6.45, 7) is 1.80. The maximum Gasteiger partial charge on any atom is 0.262 e. The van der Waals surface area contributed by atoms with E-state index in [0.29, 0.717) is 28.2 Å². The first-order valence-electron chi connectivity index (χ1n) is 9.47. The zero-order valence-electron chi connectivity index (χ0n) is 16.6. The maximum atomic E-state index is 12.7. The summed E-state index contributed by atoms with van der Waals surface area (Å²) >= 11 is 3.38. The highest BCUT2D eigenvalue weighted by atomic mass is 79.9. The summed E-state index contributed by atoms with van der Waals surface area (Å²) < 4.78 is 17.5. The highest BCUT2D eigenvalue weighted by Gasteiger charge is 2.12. The molecule has 0 atom stereocenters. The molecule has 0 bridgehead atoms. The van der Waals surface area contributed by atoms with Crippen LogP contribution in [0.15, 0.2) is 86.7 Å². The molecule has 0 spiro atoms. The monoisotopic (exact) mass is 479 g/mol. The van der Waals surface area contributed by atoms with Crippen LogP contribution in [0, 0.1) is 6.92 Å². The number of nitrogens with one attached hydrogen (secondary N) is 1. The number of para-hydroxylation sites is 1. The molecule has 1 N–H and O–H groups in total. The van der Waals surface area contributed by atoms with Crippen LogP contribution in [-0.4, -0.2) is 12.5 Å². The van der Waals surface area contributed by atoms with Gasteiger partial charge in [0, 0.05) is 11.8 Å². The second kappa shape index (κ2) is 9.06. The largest absolute Gasteiger partial charge is 0.484 e. The zero-order valence-corrected chi connectivity index (χ0v) is 18.1. The van der Waals surface area contributed by atoms with Gasteiger partial charge in [-0.05, 0) is 59.3 Å². The zero-order chi connectivity index (χ0) is 21.8. The van der Waals surface area contributed by atoms with E-state index < -0.39 is 0 Å². The summed E-state index contributed by atoms with van der Waals surface area (Å²) in [5, 5.41) is 3.11. The molecule has 1 aromatic heterocycles. The van der Waals surface area contributed by atoms with Crippen LogP contribution in [0.4, 0.5) is 5.69 Å². The molecule has 0 radical (unpaired) electrons. The number of carbonyl (C=O) groups is 1. The fraction of sp³-hybridized carbons (Fsp3) is 0.0833. The summed E-state index contributed by atoms with van der Waals surface area (Å²) in [6.07, 6.45) is 1.26. The van der Waals surface area contributed by atoms with Crippen molar-refractivity contribution in [2.75, 3.05) is 11.9 Å². The lowest BCUT2D eigenvalue weighted by molar-refractivity contribution is -0.118. The van der Waals surface area contributed by atoms with Crippen LogP contribution in [0.3, 0.4) is 0 Å². The van der Waals surface area contributed by atoms with Gasteiger partial charge >= 0.3 is 0 Å². The summed E-state index contributed by atoms with van der Waals surface area (Å²) in [4.78, 5) is 24.8. The Morgan fingerprint density at radius 1 is 1.03 bits per heavy atom. The van der Waals surface area contributed by atoms with Crippen molar-refractivity contribution in [3.8, 4) is 17.2 Å². The standard InChI is InChI=1S/C24H18BrNO5/c1-15-6-8-16(9-7-15)26-23(27)14-29-17-10-11-18-21(12-17)30-13-22(24(18)28)31-20-5-3-2-4-19(20)25/h2-13H,14H2,1H3,(H,26,27). The number of anilines is 1. The van der Waals surface area contributed by atoms with Gasteiger partial charge in [-0.3, -0.25) is 9.59 Å². The van der Waals surface area contributed by atoms with Crippen LogP contribution < -0.4 is 20.2 Å². The van der Waals surface area contributed by atoms with Crippen molar-refractivity contribution < 1.29 is 18.7 Å². The average Bonchev–Trinajstić information content (AvgIpc) is 2.77. The van der Waals surface area contributed by atoms with Crippen LogP contribution in [-0.2, 0) is 4.79 Å². The number of halogens is 1. The summed E-state index contributed by atoms with van der Waals surface area (Å²) in [7, 11) is 0. The minimum absolute atomic E-state index is 0.0746. The molecule has 1 heterocycles. The number of benzene rings is 3. The van der Waals surface area contributed by atoms with E-state index in [4.69, 9.17) is 13.9 Å². The van der Waals surface area contributed by atoms with E-state index in [1.165, 1.54) is 6.26 Å². The van der Waals surface area contributed by atoms with Gasteiger partial charge in [-0.25, -0.2) is 0 Å². The Labute approximate surface area is 186 Å². The van der Waals surface area contributed by atoms with Gasteiger partial charge in [0.05, 0.1) is 9.86 Å². The predicted molar refractivity (Wildman–Crippen MR) is 122 cm³/mol. The number of amides is 1. The predicted octanol–water partition coefficient (Wildman–Crippen LogP) is 5.67. The number of carbonyl (C=O) groups excluding carboxylic acids is 1. The molecule has 3 aromatic carbocycles. The first-order valence-corrected chi connectivity index (χ1v) is 10.3. The fourth-order valence-corrected chi connectivity index (χ4v) is 3.25. The molecule has 4 rings (SSSR count). The van der Waals surface area contributed by atoms with E-state index in [9.17, 15) is 9.59 Å². The minimum atomic E-state index is -0.305. The fourth-order valence-electron chi connectivity index (χ4n) is 2.88. The average molecular weight is 480 g/mol. The van der Waals surface area contributed by atoms with Gasteiger partial charge in [0.15, 0.2) is 6.61 Å². The van der Waals surface area contributed by atoms with Crippen molar-refractivity contribution in [2.45, 2.75) is 6.92 Å². The van der Waals surface area contributed by atoms with E-state index in [1.54, 1.807) is 30.3 Å². The Hall–Kier alpha value is -3.58. The lowest BCUT2D eigenvalue weighted by Gasteiger charge is -2.09. The van der Waals surface area contributed by atoms with Crippen molar-refractivity contribution >= 4 is 38.5 Å². The van der Waals surface area contributed by atoms with Crippen molar-refractivity contribution in [1.82, 2.24) is 0 Å². The first kappa shape index (κ1) is 20.7. The molecule has 0 unspecified atom stereocenters. The summed E-state index contributed by atoms with van der Waals surface area (Å²) in [5.41, 5.74) is 1.83. The van der Waals surface area contributed by atoms with Gasteiger partial charge in [0.2, 0.25) is 11.2 Å². The molecule has 156 valence electrons. The van der Waals surface area contributed by atoms with Gasteiger partial charge < -0.3 is 19.2 Å². The van der Waals surface area contributed by atoms with Crippen LogP contribution in [0.25, 0.3) is 11.0 Å². The van der Waals surface area contributed by atoms with Crippen LogP contribution >= 0.6 is 15.9 Å². The normalized spacial score (nSPS) is 10.6. The van der Waals surface area contributed by atoms with Crippen LogP contribution in [0.5, 0.6) is 17.2 Å². The van der Waals surface area contributed by atoms with Crippen LogP contribution in [0.2, 0.25) is 0 Å². The Morgan fingerprint density at radius 2 is 1.81 bits per heavy atom. The van der Waals surface area contributed by atoms with Gasteiger partial charge in [-0.15, -0.1) is 0 Å². The van der Waals surface area contributed by atoms with Crippen molar-refractivity contribution in [3.05, 3.63) is 93.3 Å². The third kappa shape index (κ3) is 4.95. The third-order valence-electron chi connectivity index (χ3n) is 4.48. The second-order valence-corrected chi connectivity index (χ2v) is 7.68. The van der Waals surface area contributed by atoms with Gasteiger partial charge in [0.1, 0.15) is 23.3 Å². The van der Waals surface area contributed by atoms with E-state index in [0.717, 1.165) is 10.0 Å². The summed E-state index contributed by atoms with van der Waals surface area (Å²) in [6, 6.07) is 19.5. The number of fused-ring (bicyclic) bond motifs is 1. The molecule has 0 aliphatic rings. The molecular weight excluding hydrogens is 462 g/mol. The lowest BCUT2D eigenvalue weighted by Crippen LogP contribution is -2.20. The SMILES string of the molecule is Cc1ccc(NC(=O)COc2ccc3c(=O)c(Oc4ccccc4Br)coc3c2)cc1. The van der Waals surface area contributed by atoms with Crippen molar-refractivity contribution in [3.63, 3.8) is 0 Å². The third-order valence-corrected chi connectivity index (χ3v) is 5.13. The molecule has 4 aromatic rings. The molecule has 6 nitrogen and oxygen atoms in total. The van der Waals surface area contributed by atoms with Gasteiger partial charge in [-0.1, -0.05) is 29.8 Å². The summed E-state index contributed by atoms with van der Waals surface area (Å²) in [5.74, 6) is 0.705. The number of ether oxygens (including phenoxy) is 2. The molecule has 7 heteroatoms. The molecule has 0 saturated heterocycles. The van der Waals surface area contributed by atoms with Gasteiger partial charge in [0.25, 0.3) is 5.91 Å². The highest BCUT2D eigenvalue weighted by molar-refractivity contribution is 9.10. The Kier molecular flexibility index (Phi) is 6.04. The smallest absolute Gasteiger partial charge is 0.262 e. The van der Waals surface area contributed by atoms with Crippen molar-refractivity contribution in [2.24, 2.45) is 0 Å². The second-order valence-electron chi connectivity index (χ2n) is 6.82. The number of hydrogen-bond donors (Lipinski definition) is 1. The van der Waals surface area contributed by atoms with E-state index in [-0.39, 0.29) is 23.7 Å². The number of aryl methyl sites for hydroxylation is 1. The molecule has 0 fully saturated rings. The number of rotatable bonds is 6. The first-order chi connectivity index (χ1) is 15.0. The lowest BCUT2D eigenvalue weighted by atomic mass is 10.2. The molecule has 31 heavy (non-hydrogen) atoms. The topological polar surface area (TPSA) is 77.8 Å². The van der Waals surface area contributed by atoms with E-state index >= 15 is 0 Å². The Morgan fingerprint density at radius 3 is 2.58 bits per heavy atom. The van der Waals surface area contributed by atoms with E-state index in [1.807, 2.05) is 43.3 Å².